The van der Waals surface area contributed by atoms with Crippen molar-refractivity contribution in [3.8, 4) is 0 Å². The predicted molar refractivity (Wildman–Crippen MR) is 65.3 cm³/mol. The minimum atomic E-state index is -1.38. The Morgan fingerprint density at radius 3 is 2.59 bits per heavy atom. The zero-order valence-corrected chi connectivity index (χ0v) is 10.6. The number of hydrogen-bond donors (Lipinski definition) is 3. The van der Waals surface area contributed by atoms with Crippen LogP contribution in [0.3, 0.4) is 0 Å². The summed E-state index contributed by atoms with van der Waals surface area (Å²) in [5.41, 5.74) is 0.119. The second-order valence-electron chi connectivity index (χ2n) is 5.27. The standard InChI is InChI=1S/C11H20BNO4/c1-11(2,3)17-10(14)13-9-6-4-8(5-7-9)12(15)16/h4,9,15-16H,5-7H2,1-3H3,(H,13,14). The van der Waals surface area contributed by atoms with Crippen LogP contribution in [0.5, 0.6) is 0 Å². The van der Waals surface area contributed by atoms with Crippen LogP contribution in [0.4, 0.5) is 4.79 Å². The fourth-order valence-corrected chi connectivity index (χ4v) is 1.69. The summed E-state index contributed by atoms with van der Waals surface area (Å²) in [7, 11) is -1.38. The van der Waals surface area contributed by atoms with Gasteiger partial charge in [0, 0.05) is 6.04 Å². The molecule has 0 aromatic carbocycles. The Kier molecular flexibility index (Phi) is 4.59. The summed E-state index contributed by atoms with van der Waals surface area (Å²) < 4.78 is 5.15. The Hall–Kier alpha value is -1.01. The van der Waals surface area contributed by atoms with Gasteiger partial charge < -0.3 is 20.1 Å². The molecule has 1 unspecified atom stereocenters. The van der Waals surface area contributed by atoms with Gasteiger partial charge in [-0.3, -0.25) is 0 Å². The van der Waals surface area contributed by atoms with E-state index in [-0.39, 0.29) is 6.04 Å². The molecule has 0 bridgehead atoms. The smallest absolute Gasteiger partial charge is 0.444 e. The van der Waals surface area contributed by atoms with Gasteiger partial charge in [-0.05, 0) is 45.5 Å². The van der Waals surface area contributed by atoms with Gasteiger partial charge in [0.05, 0.1) is 0 Å². The van der Waals surface area contributed by atoms with E-state index >= 15 is 0 Å². The van der Waals surface area contributed by atoms with Crippen molar-refractivity contribution in [2.45, 2.75) is 51.7 Å². The fraction of sp³-hybridized carbons (Fsp3) is 0.727. The SMILES string of the molecule is CC(C)(C)OC(=O)NC1CC=C(B(O)O)CC1. The van der Waals surface area contributed by atoms with E-state index in [1.165, 1.54) is 0 Å². The number of allylic oxidation sites excluding steroid dienone is 1. The van der Waals surface area contributed by atoms with Crippen LogP contribution in [0.15, 0.2) is 11.5 Å². The molecule has 0 heterocycles. The summed E-state index contributed by atoms with van der Waals surface area (Å²) in [6, 6.07) is 0.00681. The van der Waals surface area contributed by atoms with Gasteiger partial charge in [-0.2, -0.15) is 0 Å². The van der Waals surface area contributed by atoms with Crippen molar-refractivity contribution in [1.29, 1.82) is 0 Å². The molecule has 1 amide bonds. The summed E-state index contributed by atoms with van der Waals surface area (Å²) >= 11 is 0. The Morgan fingerprint density at radius 1 is 1.53 bits per heavy atom. The van der Waals surface area contributed by atoms with Crippen LogP contribution >= 0.6 is 0 Å². The average Bonchev–Trinajstić information content (AvgIpc) is 2.15. The minimum absolute atomic E-state index is 0.00681. The van der Waals surface area contributed by atoms with Crippen molar-refractivity contribution >= 4 is 13.2 Å². The van der Waals surface area contributed by atoms with Crippen LogP contribution in [-0.2, 0) is 4.74 Å². The van der Waals surface area contributed by atoms with Crippen LogP contribution in [0.1, 0.15) is 40.0 Å². The predicted octanol–water partition coefficient (Wildman–Crippen LogP) is 1.00. The minimum Gasteiger partial charge on any atom is -0.444 e. The first kappa shape index (κ1) is 14.1. The third-order valence-electron chi connectivity index (χ3n) is 2.50. The summed E-state index contributed by atoms with van der Waals surface area (Å²) in [4.78, 5) is 11.5. The van der Waals surface area contributed by atoms with E-state index < -0.39 is 18.8 Å². The first-order chi connectivity index (χ1) is 7.78. The molecule has 0 saturated heterocycles. The normalized spacial score (nSPS) is 20.5. The maximum absolute atomic E-state index is 11.5. The number of amides is 1. The van der Waals surface area contributed by atoms with Gasteiger partial charge in [0.2, 0.25) is 0 Å². The largest absolute Gasteiger partial charge is 0.483 e. The molecule has 1 aliphatic carbocycles. The molecule has 3 N–H and O–H groups in total. The van der Waals surface area contributed by atoms with Gasteiger partial charge in [-0.15, -0.1) is 0 Å². The molecule has 0 spiro atoms. The highest BCUT2D eigenvalue weighted by Crippen LogP contribution is 2.19. The Bertz CT molecular complexity index is 309. The molecule has 17 heavy (non-hydrogen) atoms. The van der Waals surface area contributed by atoms with Gasteiger partial charge in [0.1, 0.15) is 5.60 Å². The third kappa shape index (κ3) is 5.23. The second kappa shape index (κ2) is 5.55. The van der Waals surface area contributed by atoms with E-state index in [4.69, 9.17) is 14.8 Å². The van der Waals surface area contributed by atoms with E-state index in [2.05, 4.69) is 5.32 Å². The van der Waals surface area contributed by atoms with Crippen LogP contribution in [0.25, 0.3) is 0 Å². The zero-order chi connectivity index (χ0) is 13.1. The van der Waals surface area contributed by atoms with Crippen molar-refractivity contribution in [2.75, 3.05) is 0 Å². The van der Waals surface area contributed by atoms with Gasteiger partial charge in [-0.25, -0.2) is 4.79 Å². The number of carbonyl (C=O) groups excluding carboxylic acids is 1. The highest BCUT2D eigenvalue weighted by atomic mass is 16.6. The van der Waals surface area contributed by atoms with E-state index in [9.17, 15) is 4.79 Å². The van der Waals surface area contributed by atoms with E-state index in [0.717, 1.165) is 0 Å². The number of carbonyl (C=O) groups is 1. The summed E-state index contributed by atoms with van der Waals surface area (Å²) in [5.74, 6) is 0. The number of alkyl carbamates (subject to hydrolysis) is 1. The molecule has 6 heteroatoms. The summed E-state index contributed by atoms with van der Waals surface area (Å²) in [5, 5.41) is 20.7. The first-order valence-electron chi connectivity index (χ1n) is 5.82. The molecule has 0 aromatic heterocycles. The summed E-state index contributed by atoms with van der Waals surface area (Å²) in [6.07, 6.45) is 3.22. The number of rotatable bonds is 2. The topological polar surface area (TPSA) is 78.8 Å². The molecule has 0 radical (unpaired) electrons. The van der Waals surface area contributed by atoms with Gasteiger partial charge in [0.15, 0.2) is 0 Å². The quantitative estimate of drug-likeness (QED) is 0.630. The van der Waals surface area contributed by atoms with E-state index in [0.29, 0.717) is 24.7 Å². The third-order valence-corrected chi connectivity index (χ3v) is 2.50. The van der Waals surface area contributed by atoms with Crippen molar-refractivity contribution in [3.63, 3.8) is 0 Å². The first-order valence-corrected chi connectivity index (χ1v) is 5.82. The Morgan fingerprint density at radius 2 is 2.18 bits per heavy atom. The monoisotopic (exact) mass is 241 g/mol. The summed E-state index contributed by atoms with van der Waals surface area (Å²) in [6.45, 7) is 5.44. The number of ether oxygens (including phenoxy) is 1. The maximum Gasteiger partial charge on any atom is 0.483 e. The van der Waals surface area contributed by atoms with Gasteiger partial charge in [0.25, 0.3) is 0 Å². The lowest BCUT2D eigenvalue weighted by atomic mass is 9.73. The molecular formula is C11H20BNO4. The van der Waals surface area contributed by atoms with Crippen LogP contribution < -0.4 is 5.32 Å². The fourth-order valence-electron chi connectivity index (χ4n) is 1.69. The molecule has 1 rings (SSSR count). The molecular weight excluding hydrogens is 221 g/mol. The maximum atomic E-state index is 11.5. The molecule has 0 aliphatic heterocycles. The molecule has 1 aliphatic rings. The molecule has 1 atom stereocenters. The lowest BCUT2D eigenvalue weighted by molar-refractivity contribution is 0.0501. The average molecular weight is 241 g/mol. The van der Waals surface area contributed by atoms with Crippen molar-refractivity contribution in [2.24, 2.45) is 0 Å². The molecule has 0 aromatic rings. The zero-order valence-electron chi connectivity index (χ0n) is 10.6. The van der Waals surface area contributed by atoms with Gasteiger partial charge >= 0.3 is 13.2 Å². The van der Waals surface area contributed by atoms with E-state index in [1.54, 1.807) is 6.08 Å². The Balaban J connectivity index is 2.38. The van der Waals surface area contributed by atoms with Crippen LogP contribution in [0, 0.1) is 0 Å². The molecule has 0 saturated carbocycles. The number of nitrogens with one attached hydrogen (secondary N) is 1. The highest BCUT2D eigenvalue weighted by molar-refractivity contribution is 6.50. The van der Waals surface area contributed by atoms with E-state index in [1.807, 2.05) is 20.8 Å². The van der Waals surface area contributed by atoms with Crippen molar-refractivity contribution in [1.82, 2.24) is 5.32 Å². The lowest BCUT2D eigenvalue weighted by Gasteiger charge is -2.25. The Labute approximate surface area is 102 Å². The highest BCUT2D eigenvalue weighted by Gasteiger charge is 2.24. The molecule has 0 fully saturated rings. The number of hydrogen-bond acceptors (Lipinski definition) is 4. The molecule has 96 valence electrons. The van der Waals surface area contributed by atoms with Gasteiger partial charge in [-0.1, -0.05) is 6.08 Å². The lowest BCUT2D eigenvalue weighted by Crippen LogP contribution is -2.40. The van der Waals surface area contributed by atoms with Crippen LogP contribution in [-0.4, -0.2) is 34.9 Å². The van der Waals surface area contributed by atoms with Crippen LogP contribution in [0.2, 0.25) is 0 Å². The molecule has 5 nitrogen and oxygen atoms in total. The second-order valence-corrected chi connectivity index (χ2v) is 5.27. The van der Waals surface area contributed by atoms with Crippen molar-refractivity contribution < 1.29 is 19.6 Å². The van der Waals surface area contributed by atoms with Crippen molar-refractivity contribution in [3.05, 3.63) is 11.5 Å².